The van der Waals surface area contributed by atoms with Crippen molar-refractivity contribution in [3.63, 3.8) is 0 Å². The topological polar surface area (TPSA) is 84.0 Å². The van der Waals surface area contributed by atoms with Crippen LogP contribution in [0.25, 0.3) is 0 Å². The highest BCUT2D eigenvalue weighted by Gasteiger charge is 2.20. The van der Waals surface area contributed by atoms with E-state index in [2.05, 4.69) is 33.2 Å². The molecule has 0 unspecified atom stereocenters. The Hall–Kier alpha value is -1.37. The van der Waals surface area contributed by atoms with Crippen LogP contribution in [0.4, 0.5) is 0 Å². The van der Waals surface area contributed by atoms with E-state index in [1.165, 1.54) is 17.2 Å². The Morgan fingerprint density at radius 1 is 1.50 bits per heavy atom. The number of rotatable bonds is 3. The molecule has 2 N–H and O–H groups in total. The van der Waals surface area contributed by atoms with Gasteiger partial charge in [0, 0.05) is 12.2 Å². The van der Waals surface area contributed by atoms with Crippen molar-refractivity contribution in [1.82, 2.24) is 14.9 Å². The summed E-state index contributed by atoms with van der Waals surface area (Å²) in [6, 6.07) is 0.188. The van der Waals surface area contributed by atoms with Gasteiger partial charge in [-0.3, -0.25) is 19.1 Å². The lowest BCUT2D eigenvalue weighted by atomic mass is 9.87. The van der Waals surface area contributed by atoms with E-state index in [9.17, 15) is 14.4 Å². The Kier molecular flexibility index (Phi) is 4.80. The Balaban J connectivity index is 1.99. The predicted molar refractivity (Wildman–Crippen MR) is 78.6 cm³/mol. The van der Waals surface area contributed by atoms with Gasteiger partial charge < -0.3 is 5.32 Å². The largest absolute Gasteiger partial charge is 0.352 e. The first-order chi connectivity index (χ1) is 9.45. The third-order valence-electron chi connectivity index (χ3n) is 3.58. The number of nitrogens with zero attached hydrogens (tertiary/aromatic N) is 1. The van der Waals surface area contributed by atoms with E-state index >= 15 is 0 Å². The van der Waals surface area contributed by atoms with Crippen LogP contribution >= 0.6 is 15.9 Å². The van der Waals surface area contributed by atoms with Crippen LogP contribution in [0.3, 0.4) is 0 Å². The SMILES string of the molecule is C[C@@H]1CCC[C@@H](NC(=O)Cn2cc(Br)c(=O)[nH]c2=O)C1. The second kappa shape index (κ2) is 6.39. The molecule has 0 aromatic carbocycles. The first kappa shape index (κ1) is 15.0. The maximum Gasteiger partial charge on any atom is 0.328 e. The van der Waals surface area contributed by atoms with Gasteiger partial charge in [-0.15, -0.1) is 0 Å². The van der Waals surface area contributed by atoms with Gasteiger partial charge in [0.15, 0.2) is 0 Å². The summed E-state index contributed by atoms with van der Waals surface area (Å²) in [6.45, 7) is 2.10. The molecule has 2 rings (SSSR count). The van der Waals surface area contributed by atoms with Crippen LogP contribution in [-0.4, -0.2) is 21.5 Å². The van der Waals surface area contributed by atoms with E-state index < -0.39 is 11.2 Å². The number of nitrogens with one attached hydrogen (secondary N) is 2. The molecule has 1 aromatic heterocycles. The van der Waals surface area contributed by atoms with Crippen molar-refractivity contribution in [2.45, 2.75) is 45.2 Å². The number of hydrogen-bond donors (Lipinski definition) is 2. The quantitative estimate of drug-likeness (QED) is 0.858. The standard InChI is InChI=1S/C13H18BrN3O3/c1-8-3-2-4-9(5-8)15-11(18)7-17-6-10(14)12(19)16-13(17)20/h6,8-9H,2-5,7H2,1H3,(H,15,18)(H,16,19,20)/t8-,9-/m1/s1. The maximum atomic E-state index is 12.0. The van der Waals surface area contributed by atoms with Crippen molar-refractivity contribution in [2.24, 2.45) is 5.92 Å². The van der Waals surface area contributed by atoms with Crippen LogP contribution in [0.1, 0.15) is 32.6 Å². The molecule has 7 heteroatoms. The smallest absolute Gasteiger partial charge is 0.328 e. The van der Waals surface area contributed by atoms with Gasteiger partial charge in [0.05, 0.1) is 4.47 Å². The molecule has 6 nitrogen and oxygen atoms in total. The molecule has 1 saturated carbocycles. The molecule has 0 saturated heterocycles. The first-order valence-corrected chi connectivity index (χ1v) is 7.53. The number of aromatic amines is 1. The minimum atomic E-state index is -0.578. The van der Waals surface area contributed by atoms with Crippen molar-refractivity contribution < 1.29 is 4.79 Å². The Bertz CT molecular complexity index is 608. The summed E-state index contributed by atoms with van der Waals surface area (Å²) in [5.41, 5.74) is -1.07. The summed E-state index contributed by atoms with van der Waals surface area (Å²) in [4.78, 5) is 36.9. The fourth-order valence-electron chi connectivity index (χ4n) is 2.59. The van der Waals surface area contributed by atoms with Gasteiger partial charge in [-0.05, 0) is 34.7 Å². The summed E-state index contributed by atoms with van der Waals surface area (Å²) in [7, 11) is 0. The number of H-pyrrole nitrogens is 1. The molecule has 0 spiro atoms. The maximum absolute atomic E-state index is 12.0. The first-order valence-electron chi connectivity index (χ1n) is 6.74. The summed E-state index contributed by atoms with van der Waals surface area (Å²) in [6.07, 6.45) is 5.63. The van der Waals surface area contributed by atoms with Gasteiger partial charge in [0.25, 0.3) is 5.56 Å². The molecule has 0 aliphatic heterocycles. The zero-order chi connectivity index (χ0) is 14.7. The Labute approximate surface area is 124 Å². The average Bonchev–Trinajstić information content (AvgIpc) is 2.36. The second-order valence-corrected chi connectivity index (χ2v) is 6.25. The summed E-state index contributed by atoms with van der Waals surface area (Å²) in [5.74, 6) is 0.421. The van der Waals surface area contributed by atoms with Crippen molar-refractivity contribution in [3.8, 4) is 0 Å². The van der Waals surface area contributed by atoms with Crippen LogP contribution < -0.4 is 16.6 Å². The zero-order valence-electron chi connectivity index (χ0n) is 11.3. The molecule has 20 heavy (non-hydrogen) atoms. The number of carbonyl (C=O) groups is 1. The minimum Gasteiger partial charge on any atom is -0.352 e. The van der Waals surface area contributed by atoms with Gasteiger partial charge in [0.1, 0.15) is 6.54 Å². The highest BCUT2D eigenvalue weighted by molar-refractivity contribution is 9.10. The third-order valence-corrected chi connectivity index (χ3v) is 4.15. The highest BCUT2D eigenvalue weighted by Crippen LogP contribution is 2.23. The lowest BCUT2D eigenvalue weighted by molar-refractivity contribution is -0.122. The minimum absolute atomic E-state index is 0.0842. The molecule has 1 fully saturated rings. The fourth-order valence-corrected chi connectivity index (χ4v) is 2.94. The normalized spacial score (nSPS) is 22.5. The van der Waals surface area contributed by atoms with Gasteiger partial charge >= 0.3 is 5.69 Å². The summed E-state index contributed by atoms with van der Waals surface area (Å²) >= 11 is 3.04. The fraction of sp³-hybridized carbons (Fsp3) is 0.615. The number of aromatic nitrogens is 2. The Morgan fingerprint density at radius 3 is 2.95 bits per heavy atom. The van der Waals surface area contributed by atoms with Crippen LogP contribution in [0.2, 0.25) is 0 Å². The van der Waals surface area contributed by atoms with Gasteiger partial charge in [-0.1, -0.05) is 19.8 Å². The van der Waals surface area contributed by atoms with Crippen LogP contribution in [0, 0.1) is 5.92 Å². The van der Waals surface area contributed by atoms with Crippen molar-refractivity contribution >= 4 is 21.8 Å². The van der Waals surface area contributed by atoms with Gasteiger partial charge in [0.2, 0.25) is 5.91 Å². The second-order valence-electron chi connectivity index (χ2n) is 5.40. The molecule has 1 aliphatic carbocycles. The predicted octanol–water partition coefficient (Wildman–Crippen LogP) is 0.994. The van der Waals surface area contributed by atoms with Crippen LogP contribution in [0.15, 0.2) is 20.3 Å². The van der Waals surface area contributed by atoms with E-state index in [0.717, 1.165) is 19.3 Å². The molecule has 110 valence electrons. The highest BCUT2D eigenvalue weighted by atomic mass is 79.9. The number of halogens is 1. The molecule has 1 heterocycles. The number of amides is 1. The molecular weight excluding hydrogens is 326 g/mol. The molecule has 1 amide bonds. The molecule has 1 aliphatic rings. The van der Waals surface area contributed by atoms with Crippen molar-refractivity contribution in [2.75, 3.05) is 0 Å². The molecule has 0 bridgehead atoms. The third kappa shape index (κ3) is 3.82. The Morgan fingerprint density at radius 2 is 2.25 bits per heavy atom. The zero-order valence-corrected chi connectivity index (χ0v) is 12.9. The van der Waals surface area contributed by atoms with Gasteiger partial charge in [-0.25, -0.2) is 4.79 Å². The summed E-state index contributed by atoms with van der Waals surface area (Å²) < 4.78 is 1.42. The lowest BCUT2D eigenvalue weighted by Crippen LogP contribution is -2.42. The molecule has 1 aromatic rings. The lowest BCUT2D eigenvalue weighted by Gasteiger charge is -2.27. The van der Waals surface area contributed by atoms with Crippen LogP contribution in [-0.2, 0) is 11.3 Å². The van der Waals surface area contributed by atoms with E-state index in [1.54, 1.807) is 0 Å². The molecule has 2 atom stereocenters. The van der Waals surface area contributed by atoms with Crippen LogP contribution in [0.5, 0.6) is 0 Å². The number of hydrogen-bond acceptors (Lipinski definition) is 3. The van der Waals surface area contributed by atoms with E-state index in [4.69, 9.17) is 0 Å². The average molecular weight is 344 g/mol. The molecular formula is C13H18BrN3O3. The summed E-state index contributed by atoms with van der Waals surface area (Å²) in [5, 5.41) is 2.95. The van der Waals surface area contributed by atoms with E-state index in [-0.39, 0.29) is 23.0 Å². The van der Waals surface area contributed by atoms with E-state index in [1.807, 2.05) is 0 Å². The van der Waals surface area contributed by atoms with E-state index in [0.29, 0.717) is 5.92 Å². The van der Waals surface area contributed by atoms with Crippen molar-refractivity contribution in [1.29, 1.82) is 0 Å². The molecule has 0 radical (unpaired) electrons. The van der Waals surface area contributed by atoms with Crippen molar-refractivity contribution in [3.05, 3.63) is 31.5 Å². The number of carbonyl (C=O) groups excluding carboxylic acids is 1. The van der Waals surface area contributed by atoms with Gasteiger partial charge in [-0.2, -0.15) is 0 Å². The monoisotopic (exact) mass is 343 g/mol.